The summed E-state index contributed by atoms with van der Waals surface area (Å²) in [5, 5.41) is 30.7. The van der Waals surface area contributed by atoms with Crippen molar-refractivity contribution in [1.82, 2.24) is 0 Å². The molecule has 0 bridgehead atoms. The lowest BCUT2D eigenvalue weighted by Gasteiger charge is -2.41. The summed E-state index contributed by atoms with van der Waals surface area (Å²) in [4.78, 5) is 12.9. The molecule has 1 fully saturated rings. The standard InChI is InChI=1S/C47H84O12S/c1-3-5-7-9-11-13-15-17-19-20-21-23-25-27-29-31-33-35-37-55-39-41(40-56-47-45(51)46(59-60(52,53)54)44(50)42(38-48)58-47)57-43(49)36-34-32-30-28-26-24-22-18-16-14-12-10-8-6-4-2/h5,7,11,13,17-19,22,41-42,44-48,50-51H,3-4,6,8-10,12,14-16,20-21,23-40H2,1-2H3,(H,52,53,54)/b7-5-,13-11-,19-17-,22-18-. The van der Waals surface area contributed by atoms with Crippen LogP contribution in [0.2, 0.25) is 0 Å². The Kier molecular flexibility index (Phi) is 36.2. The van der Waals surface area contributed by atoms with E-state index in [0.29, 0.717) is 13.0 Å². The third-order valence-corrected chi connectivity index (χ3v) is 10.9. The number of esters is 1. The van der Waals surface area contributed by atoms with Crippen LogP contribution in [0.3, 0.4) is 0 Å². The van der Waals surface area contributed by atoms with Crippen molar-refractivity contribution in [2.45, 2.75) is 218 Å². The first-order chi connectivity index (χ1) is 29.1. The molecular weight excluding hydrogens is 789 g/mol. The van der Waals surface area contributed by atoms with Gasteiger partial charge in [-0.25, -0.2) is 4.18 Å². The Bertz CT molecular complexity index is 1240. The minimum atomic E-state index is -5.06. The van der Waals surface area contributed by atoms with Gasteiger partial charge < -0.3 is 34.3 Å². The van der Waals surface area contributed by atoms with Crippen LogP contribution in [0.1, 0.15) is 181 Å². The predicted molar refractivity (Wildman–Crippen MR) is 239 cm³/mol. The van der Waals surface area contributed by atoms with Crippen LogP contribution in [0.5, 0.6) is 0 Å². The molecule has 0 radical (unpaired) electrons. The molecule has 1 aliphatic rings. The summed E-state index contributed by atoms with van der Waals surface area (Å²) in [7, 11) is -5.06. The summed E-state index contributed by atoms with van der Waals surface area (Å²) in [5.41, 5.74) is 0. The number of ether oxygens (including phenoxy) is 4. The minimum absolute atomic E-state index is 0.0268. The van der Waals surface area contributed by atoms with Gasteiger partial charge >= 0.3 is 16.4 Å². The number of unbranched alkanes of at least 4 members (excludes halogenated alkanes) is 19. The molecule has 0 saturated carbocycles. The lowest BCUT2D eigenvalue weighted by atomic mass is 9.99. The van der Waals surface area contributed by atoms with Crippen molar-refractivity contribution in [3.63, 3.8) is 0 Å². The predicted octanol–water partition coefficient (Wildman–Crippen LogP) is 9.97. The zero-order valence-electron chi connectivity index (χ0n) is 37.3. The van der Waals surface area contributed by atoms with Gasteiger partial charge in [0.2, 0.25) is 0 Å². The van der Waals surface area contributed by atoms with E-state index in [1.165, 1.54) is 70.6 Å². The molecule has 13 heteroatoms. The van der Waals surface area contributed by atoms with Gasteiger partial charge in [-0.15, -0.1) is 0 Å². The van der Waals surface area contributed by atoms with Gasteiger partial charge in [0.05, 0.1) is 19.8 Å². The SMILES string of the molecule is CC/C=C\C/C=C\C/C=C\CCCCCCCCCCOCC(COC1OC(CO)C(O)C(OS(=O)(=O)O)C1O)OC(=O)CCCCCCC/C=C\CCCCCCCC. The Morgan fingerprint density at radius 3 is 1.70 bits per heavy atom. The van der Waals surface area contributed by atoms with Gasteiger partial charge in [-0.05, 0) is 70.6 Å². The van der Waals surface area contributed by atoms with Gasteiger partial charge in [-0.2, -0.15) is 8.42 Å². The second-order valence-electron chi connectivity index (χ2n) is 16.0. The average Bonchev–Trinajstić information content (AvgIpc) is 3.22. The Hall–Kier alpha value is -1.94. The highest BCUT2D eigenvalue weighted by molar-refractivity contribution is 7.80. The third kappa shape index (κ3) is 31.8. The minimum Gasteiger partial charge on any atom is -0.457 e. The first-order valence-corrected chi connectivity index (χ1v) is 24.8. The maximum absolute atomic E-state index is 12.9. The highest BCUT2D eigenvalue weighted by Crippen LogP contribution is 2.26. The Morgan fingerprint density at radius 1 is 0.650 bits per heavy atom. The summed E-state index contributed by atoms with van der Waals surface area (Å²) in [6, 6.07) is 0. The van der Waals surface area contributed by atoms with Crippen LogP contribution in [0, 0.1) is 0 Å². The summed E-state index contributed by atoms with van der Waals surface area (Å²) >= 11 is 0. The number of rotatable bonds is 40. The molecule has 4 N–H and O–H groups in total. The van der Waals surface area contributed by atoms with Gasteiger partial charge in [0.1, 0.15) is 30.5 Å². The van der Waals surface area contributed by atoms with Gasteiger partial charge in [-0.1, -0.05) is 152 Å². The van der Waals surface area contributed by atoms with Crippen LogP contribution in [-0.4, -0.2) is 97.5 Å². The zero-order valence-corrected chi connectivity index (χ0v) is 38.1. The second-order valence-corrected chi connectivity index (χ2v) is 17.0. The van der Waals surface area contributed by atoms with Crippen molar-refractivity contribution in [3.05, 3.63) is 48.6 Å². The van der Waals surface area contributed by atoms with E-state index in [-0.39, 0.29) is 19.6 Å². The summed E-state index contributed by atoms with van der Waals surface area (Å²) in [5.74, 6) is -0.412. The quantitative estimate of drug-likeness (QED) is 0.0199. The fourth-order valence-electron chi connectivity index (χ4n) is 6.92. The number of carbonyl (C=O) groups is 1. The van der Waals surface area contributed by atoms with Crippen molar-refractivity contribution in [1.29, 1.82) is 0 Å². The molecule has 60 heavy (non-hydrogen) atoms. The first kappa shape index (κ1) is 56.1. The van der Waals surface area contributed by atoms with Crippen molar-refractivity contribution < 1.29 is 56.2 Å². The molecular formula is C47H84O12S. The van der Waals surface area contributed by atoms with Gasteiger partial charge in [-0.3, -0.25) is 9.35 Å². The highest BCUT2D eigenvalue weighted by Gasteiger charge is 2.48. The van der Waals surface area contributed by atoms with Crippen LogP contribution >= 0.6 is 0 Å². The van der Waals surface area contributed by atoms with Gasteiger partial charge in [0.25, 0.3) is 0 Å². The molecule has 6 atom stereocenters. The molecule has 0 aliphatic carbocycles. The smallest absolute Gasteiger partial charge is 0.397 e. The van der Waals surface area contributed by atoms with Crippen LogP contribution in [0.4, 0.5) is 0 Å². The fourth-order valence-corrected chi connectivity index (χ4v) is 7.42. The van der Waals surface area contributed by atoms with E-state index in [0.717, 1.165) is 83.5 Å². The number of hydrogen-bond acceptors (Lipinski definition) is 11. The van der Waals surface area contributed by atoms with Crippen LogP contribution in [-0.2, 0) is 38.3 Å². The molecule has 0 aromatic rings. The van der Waals surface area contributed by atoms with Crippen molar-refractivity contribution >= 4 is 16.4 Å². The third-order valence-electron chi connectivity index (χ3n) is 10.4. The first-order valence-electron chi connectivity index (χ1n) is 23.4. The number of aliphatic hydroxyl groups excluding tert-OH is 3. The Balaban J connectivity index is 2.42. The monoisotopic (exact) mass is 873 g/mol. The summed E-state index contributed by atoms with van der Waals surface area (Å²) in [6.07, 6.45) is 37.1. The molecule has 1 heterocycles. The number of hydrogen-bond donors (Lipinski definition) is 4. The van der Waals surface area contributed by atoms with Crippen LogP contribution < -0.4 is 0 Å². The molecule has 0 spiro atoms. The zero-order chi connectivity index (χ0) is 43.9. The summed E-state index contributed by atoms with van der Waals surface area (Å²) in [6.45, 7) is 3.85. The van der Waals surface area contributed by atoms with Gasteiger partial charge in [0.15, 0.2) is 6.29 Å². The molecule has 1 saturated heterocycles. The van der Waals surface area contributed by atoms with E-state index in [1.54, 1.807) is 0 Å². The molecule has 12 nitrogen and oxygen atoms in total. The molecule has 0 amide bonds. The summed E-state index contributed by atoms with van der Waals surface area (Å²) < 4.78 is 59.1. The van der Waals surface area contributed by atoms with E-state index in [1.807, 2.05) is 0 Å². The van der Waals surface area contributed by atoms with E-state index < -0.39 is 59.8 Å². The van der Waals surface area contributed by atoms with E-state index in [4.69, 9.17) is 23.5 Å². The average molecular weight is 873 g/mol. The number of allylic oxidation sites excluding steroid dienone is 8. The molecule has 0 aromatic heterocycles. The van der Waals surface area contributed by atoms with E-state index in [9.17, 15) is 28.5 Å². The lowest BCUT2D eigenvalue weighted by Crippen LogP contribution is -2.60. The molecule has 1 rings (SSSR count). The fraction of sp³-hybridized carbons (Fsp3) is 0.809. The maximum Gasteiger partial charge on any atom is 0.397 e. The maximum atomic E-state index is 12.9. The highest BCUT2D eigenvalue weighted by atomic mass is 32.3. The van der Waals surface area contributed by atoms with Gasteiger partial charge in [0, 0.05) is 13.0 Å². The Labute approximate surface area is 364 Å². The molecule has 350 valence electrons. The molecule has 1 aliphatic heterocycles. The number of aliphatic hydroxyl groups is 3. The Morgan fingerprint density at radius 2 is 1.15 bits per heavy atom. The van der Waals surface area contributed by atoms with Crippen LogP contribution in [0.25, 0.3) is 0 Å². The van der Waals surface area contributed by atoms with Crippen molar-refractivity contribution in [3.8, 4) is 0 Å². The number of carbonyl (C=O) groups excluding carboxylic acids is 1. The molecule has 0 aromatic carbocycles. The van der Waals surface area contributed by atoms with E-state index in [2.05, 4.69) is 66.6 Å². The topological polar surface area (TPSA) is 178 Å². The molecule has 6 unspecified atom stereocenters. The second kappa shape index (κ2) is 38.7. The normalized spacial score (nSPS) is 20.7. The van der Waals surface area contributed by atoms with Crippen molar-refractivity contribution in [2.24, 2.45) is 0 Å². The van der Waals surface area contributed by atoms with E-state index >= 15 is 0 Å². The lowest BCUT2D eigenvalue weighted by molar-refractivity contribution is -0.301. The van der Waals surface area contributed by atoms with Crippen molar-refractivity contribution in [2.75, 3.05) is 26.4 Å². The largest absolute Gasteiger partial charge is 0.457 e. The van der Waals surface area contributed by atoms with Crippen LogP contribution in [0.15, 0.2) is 48.6 Å².